The summed E-state index contributed by atoms with van der Waals surface area (Å²) in [5.41, 5.74) is 10.0. The fourth-order valence-corrected chi connectivity index (χ4v) is 9.13. The summed E-state index contributed by atoms with van der Waals surface area (Å²) < 4.78 is 5.19. The van der Waals surface area contributed by atoms with Gasteiger partial charge in [0, 0.05) is 59.4 Å². The summed E-state index contributed by atoms with van der Waals surface area (Å²) in [6.45, 7) is 0. The van der Waals surface area contributed by atoms with Gasteiger partial charge < -0.3 is 9.47 Å². The second-order valence-corrected chi connectivity index (χ2v) is 13.1. The molecule has 0 bridgehead atoms. The summed E-state index contributed by atoms with van der Waals surface area (Å²) in [5, 5.41) is 5.30. The molecule has 0 radical (unpaired) electrons. The summed E-state index contributed by atoms with van der Waals surface area (Å²) in [6.07, 6.45) is 9.10. The highest BCUT2D eigenvalue weighted by molar-refractivity contribution is 7.26. The molecule has 3 heteroatoms. The van der Waals surface area contributed by atoms with Crippen LogP contribution in [0.2, 0.25) is 0 Å². The third-order valence-corrected chi connectivity index (χ3v) is 10.9. The van der Waals surface area contributed by atoms with Crippen LogP contribution in [-0.2, 0) is 0 Å². The minimum Gasteiger partial charge on any atom is -0.333 e. The van der Waals surface area contributed by atoms with E-state index in [9.17, 15) is 0 Å². The Kier molecular flexibility index (Phi) is 5.31. The van der Waals surface area contributed by atoms with Crippen LogP contribution in [0.25, 0.3) is 58.8 Å². The summed E-state index contributed by atoms with van der Waals surface area (Å²) >= 11 is 1.91. The quantitative estimate of drug-likeness (QED) is 0.198. The number of allylic oxidation sites excluding steroid dienone is 2. The van der Waals surface area contributed by atoms with Gasteiger partial charge in [0.25, 0.3) is 0 Å². The van der Waals surface area contributed by atoms with Crippen molar-refractivity contribution in [3.63, 3.8) is 0 Å². The van der Waals surface area contributed by atoms with E-state index in [2.05, 4.69) is 167 Å². The maximum absolute atomic E-state index is 2.55. The Morgan fingerprint density at radius 3 is 2.04 bits per heavy atom. The fourth-order valence-electron chi connectivity index (χ4n) is 7.87. The van der Waals surface area contributed by atoms with E-state index in [1.807, 2.05) is 11.3 Å². The van der Waals surface area contributed by atoms with Crippen LogP contribution in [0, 0.1) is 0 Å². The second kappa shape index (κ2) is 9.56. The molecule has 8 aromatic rings. The fraction of sp³-hybridized carbons (Fsp3) is 0.0476. The third-order valence-electron chi connectivity index (χ3n) is 9.74. The maximum atomic E-state index is 2.55. The number of fused-ring (bicyclic) bond motifs is 10. The molecule has 0 N–H and O–H groups in total. The van der Waals surface area contributed by atoms with Gasteiger partial charge in [-0.05, 0) is 42.0 Å². The smallest absolute Gasteiger partial charge is 0.0629 e. The largest absolute Gasteiger partial charge is 0.333 e. The minimum absolute atomic E-state index is 0.246. The molecule has 0 fully saturated rings. The van der Waals surface area contributed by atoms with Gasteiger partial charge >= 0.3 is 0 Å². The minimum atomic E-state index is 0.246. The van der Waals surface area contributed by atoms with E-state index in [0.29, 0.717) is 5.92 Å². The average Bonchev–Trinajstić information content (AvgIpc) is 3.76. The number of hydrogen-bond donors (Lipinski definition) is 0. The number of hydrogen-bond acceptors (Lipinski definition) is 2. The number of nitrogens with zero attached hydrogens (tertiary/aromatic N) is 2. The highest BCUT2D eigenvalue weighted by Crippen LogP contribution is 2.51. The molecule has 0 spiro atoms. The van der Waals surface area contributed by atoms with E-state index in [0.717, 1.165) is 0 Å². The lowest BCUT2D eigenvalue weighted by atomic mass is 9.91. The number of aromatic nitrogens is 1. The third kappa shape index (κ3) is 3.50. The van der Waals surface area contributed by atoms with E-state index in [1.165, 1.54) is 75.7 Å². The number of para-hydroxylation sites is 4. The van der Waals surface area contributed by atoms with Gasteiger partial charge in [-0.25, -0.2) is 0 Å². The molecule has 3 heterocycles. The van der Waals surface area contributed by atoms with Crippen LogP contribution >= 0.6 is 11.3 Å². The zero-order chi connectivity index (χ0) is 29.5. The van der Waals surface area contributed by atoms with Gasteiger partial charge in [0.2, 0.25) is 0 Å². The first-order valence-electron chi connectivity index (χ1n) is 15.6. The lowest BCUT2D eigenvalue weighted by Crippen LogP contribution is -2.28. The normalized spacial score (nSPS) is 17.1. The number of thiophene rings is 1. The van der Waals surface area contributed by atoms with Crippen molar-refractivity contribution in [2.75, 3.05) is 4.90 Å². The highest BCUT2D eigenvalue weighted by atomic mass is 32.1. The Balaban J connectivity index is 1.24. The van der Waals surface area contributed by atoms with Gasteiger partial charge in [-0.2, -0.15) is 0 Å². The topological polar surface area (TPSA) is 8.17 Å². The van der Waals surface area contributed by atoms with Crippen LogP contribution in [0.1, 0.15) is 11.5 Å². The summed E-state index contributed by atoms with van der Waals surface area (Å²) in [4.78, 5) is 2.55. The molecule has 2 aliphatic rings. The van der Waals surface area contributed by atoms with Crippen molar-refractivity contribution in [1.29, 1.82) is 0 Å². The van der Waals surface area contributed by atoms with Gasteiger partial charge in [0.15, 0.2) is 0 Å². The zero-order valence-electron chi connectivity index (χ0n) is 24.5. The van der Waals surface area contributed by atoms with Crippen LogP contribution in [0.15, 0.2) is 158 Å². The molecule has 10 rings (SSSR count). The van der Waals surface area contributed by atoms with E-state index in [-0.39, 0.29) is 6.04 Å². The van der Waals surface area contributed by atoms with Crippen molar-refractivity contribution >= 4 is 64.7 Å². The monoisotopic (exact) mass is 592 g/mol. The predicted molar refractivity (Wildman–Crippen MR) is 192 cm³/mol. The molecule has 1 aliphatic heterocycles. The standard InChI is InChI=1S/C42H28N2S/c1-7-19-34-27(13-1)28-14-2-8-20-35(28)43(34)36-21-9-3-15-29(36)30-16-4-10-22-37(30)44-38-23-11-5-18-33(38)41-39(44)26-25-32-31-17-6-12-24-40(31)45-42(32)41/h1-27,34H. The Bertz CT molecular complexity index is 2530. The van der Waals surface area contributed by atoms with Crippen LogP contribution < -0.4 is 4.90 Å². The first-order chi connectivity index (χ1) is 22.4. The van der Waals surface area contributed by atoms with Crippen molar-refractivity contribution in [3.05, 3.63) is 163 Å². The second-order valence-electron chi connectivity index (χ2n) is 12.0. The molecule has 2 nitrogen and oxygen atoms in total. The molecule has 0 saturated heterocycles. The Morgan fingerprint density at radius 2 is 1.16 bits per heavy atom. The zero-order valence-corrected chi connectivity index (χ0v) is 25.3. The Morgan fingerprint density at radius 1 is 0.489 bits per heavy atom. The van der Waals surface area contributed by atoms with Crippen molar-refractivity contribution < 1.29 is 0 Å². The molecular formula is C42H28N2S. The van der Waals surface area contributed by atoms with Gasteiger partial charge in [0.05, 0.1) is 22.8 Å². The molecule has 6 aromatic carbocycles. The maximum Gasteiger partial charge on any atom is 0.0629 e. The molecule has 0 saturated carbocycles. The molecule has 2 aromatic heterocycles. The van der Waals surface area contributed by atoms with Crippen LogP contribution in [-0.4, -0.2) is 10.6 Å². The van der Waals surface area contributed by atoms with Crippen LogP contribution in [0.4, 0.5) is 11.4 Å². The average molecular weight is 593 g/mol. The highest BCUT2D eigenvalue weighted by Gasteiger charge is 2.38. The van der Waals surface area contributed by atoms with E-state index in [1.54, 1.807) is 0 Å². The van der Waals surface area contributed by atoms with Gasteiger partial charge in [0.1, 0.15) is 0 Å². The summed E-state index contributed by atoms with van der Waals surface area (Å²) in [6, 6.07) is 49.4. The number of anilines is 2. The van der Waals surface area contributed by atoms with Crippen LogP contribution in [0.5, 0.6) is 0 Å². The molecule has 45 heavy (non-hydrogen) atoms. The van der Waals surface area contributed by atoms with Crippen molar-refractivity contribution in [1.82, 2.24) is 4.57 Å². The number of rotatable bonds is 3. The lowest BCUT2D eigenvalue weighted by molar-refractivity contribution is 0.745. The molecule has 1 aliphatic carbocycles. The molecule has 2 unspecified atom stereocenters. The van der Waals surface area contributed by atoms with Gasteiger partial charge in [-0.15, -0.1) is 11.3 Å². The molecule has 2 atom stereocenters. The molecular weight excluding hydrogens is 565 g/mol. The van der Waals surface area contributed by atoms with Crippen molar-refractivity contribution in [2.45, 2.75) is 12.0 Å². The first-order valence-corrected chi connectivity index (χ1v) is 16.4. The first kappa shape index (κ1) is 25.0. The Labute approximate surface area is 265 Å². The lowest BCUT2D eigenvalue weighted by Gasteiger charge is -2.31. The molecule has 0 amide bonds. The van der Waals surface area contributed by atoms with Crippen LogP contribution in [0.3, 0.4) is 0 Å². The summed E-state index contributed by atoms with van der Waals surface area (Å²) in [7, 11) is 0. The summed E-state index contributed by atoms with van der Waals surface area (Å²) in [5.74, 6) is 0.343. The number of benzene rings is 6. The molecule has 212 valence electrons. The van der Waals surface area contributed by atoms with Gasteiger partial charge in [-0.1, -0.05) is 121 Å². The van der Waals surface area contributed by atoms with E-state index >= 15 is 0 Å². The Hall–Kier alpha value is -5.38. The SMILES string of the molecule is C1=CC2c3ccccc3N(c3ccccc3-c3ccccc3-n3c4ccccc4c4c5sc6ccccc6c5ccc43)C2C=C1. The predicted octanol–water partition coefficient (Wildman–Crippen LogP) is 11.5. The van der Waals surface area contributed by atoms with E-state index in [4.69, 9.17) is 0 Å². The van der Waals surface area contributed by atoms with Crippen molar-refractivity contribution in [3.8, 4) is 16.8 Å². The van der Waals surface area contributed by atoms with E-state index < -0.39 is 0 Å². The van der Waals surface area contributed by atoms with Crippen molar-refractivity contribution in [2.24, 2.45) is 0 Å². The van der Waals surface area contributed by atoms with Gasteiger partial charge in [-0.3, -0.25) is 0 Å².